The van der Waals surface area contributed by atoms with E-state index < -0.39 is 8.07 Å². The highest BCUT2D eigenvalue weighted by molar-refractivity contribution is 7.06. The van der Waals surface area contributed by atoms with E-state index in [2.05, 4.69) is 219 Å². The van der Waals surface area contributed by atoms with Crippen LogP contribution in [-0.4, -0.2) is 8.07 Å². The summed E-state index contributed by atoms with van der Waals surface area (Å²) in [6.45, 7) is 5.13. The predicted molar refractivity (Wildman–Crippen MR) is 267 cm³/mol. The van der Waals surface area contributed by atoms with Crippen molar-refractivity contribution in [3.05, 3.63) is 206 Å². The fourth-order valence-electron chi connectivity index (χ4n) is 11.0. The van der Waals surface area contributed by atoms with Gasteiger partial charge in [0.1, 0.15) is 8.07 Å². The zero-order valence-corrected chi connectivity index (χ0v) is 35.1. The molecule has 0 saturated carbocycles. The van der Waals surface area contributed by atoms with Crippen LogP contribution < -0.4 is 10.4 Å². The molecule has 1 heterocycles. The van der Waals surface area contributed by atoms with Crippen molar-refractivity contribution in [1.82, 2.24) is 0 Å². The molecule has 12 aromatic carbocycles. The van der Waals surface area contributed by atoms with Crippen molar-refractivity contribution in [2.24, 2.45) is 0 Å². The molecule has 0 nitrogen and oxygen atoms in total. The number of hydrogen-bond donors (Lipinski definition) is 0. The smallest absolute Gasteiger partial charge is 0.0616 e. The highest BCUT2D eigenvalue weighted by Crippen LogP contribution is 2.42. The van der Waals surface area contributed by atoms with Crippen LogP contribution in [0.4, 0.5) is 0 Å². The van der Waals surface area contributed by atoms with Gasteiger partial charge in [-0.3, -0.25) is 0 Å². The van der Waals surface area contributed by atoms with Crippen LogP contribution in [0.25, 0.3) is 120 Å². The Morgan fingerprint density at radius 2 is 0.639 bits per heavy atom. The molecule has 0 amide bonds. The van der Waals surface area contributed by atoms with E-state index >= 15 is 0 Å². The molecular weight excluding hydrogens is 749 g/mol. The second kappa shape index (κ2) is 12.8. The monoisotopic (exact) mass is 788 g/mol. The summed E-state index contributed by atoms with van der Waals surface area (Å²) in [7, 11) is -2.06. The summed E-state index contributed by atoms with van der Waals surface area (Å²) in [5.41, 5.74) is 10.3. The minimum Gasteiger partial charge on any atom is -0.0616 e. The molecule has 13 rings (SSSR count). The van der Waals surface area contributed by atoms with Gasteiger partial charge in [-0.05, 0) is 155 Å². The first-order valence-corrected chi connectivity index (χ1v) is 24.5. The van der Waals surface area contributed by atoms with Gasteiger partial charge in [0.15, 0.2) is 0 Å². The Morgan fingerprint density at radius 3 is 1.36 bits per heavy atom. The lowest BCUT2D eigenvalue weighted by Crippen LogP contribution is -2.50. The van der Waals surface area contributed by atoms with Gasteiger partial charge in [-0.1, -0.05) is 195 Å². The van der Waals surface area contributed by atoms with E-state index in [1.807, 2.05) is 0 Å². The molecule has 61 heavy (non-hydrogen) atoms. The molecule has 0 aliphatic carbocycles. The van der Waals surface area contributed by atoms with E-state index in [9.17, 15) is 0 Å². The molecule has 0 unspecified atom stereocenters. The van der Waals surface area contributed by atoms with Crippen molar-refractivity contribution in [3.63, 3.8) is 0 Å². The summed E-state index contributed by atoms with van der Waals surface area (Å²) in [6.07, 6.45) is 0. The molecule has 0 spiro atoms. The first kappa shape index (κ1) is 34.5. The van der Waals surface area contributed by atoms with Crippen molar-refractivity contribution in [1.29, 1.82) is 0 Å². The van der Waals surface area contributed by atoms with Crippen LogP contribution in [0.5, 0.6) is 0 Å². The molecule has 284 valence electrons. The summed E-state index contributed by atoms with van der Waals surface area (Å²) in [4.78, 5) is 0. The molecule has 1 heteroatoms. The molecule has 1 aliphatic heterocycles. The molecule has 12 aromatic rings. The van der Waals surface area contributed by atoms with Crippen molar-refractivity contribution < 1.29 is 0 Å². The molecule has 1 aliphatic rings. The Kier molecular flexibility index (Phi) is 7.27. The van der Waals surface area contributed by atoms with Gasteiger partial charge in [0.25, 0.3) is 0 Å². The van der Waals surface area contributed by atoms with E-state index in [0.29, 0.717) is 0 Å². The highest BCUT2D eigenvalue weighted by atomic mass is 28.3. The maximum Gasteiger partial charge on any atom is 0.115 e. The predicted octanol–water partition coefficient (Wildman–Crippen LogP) is 15.6. The normalized spacial score (nSPS) is 13.2. The number of hydrogen-bond acceptors (Lipinski definition) is 0. The molecule has 0 saturated heterocycles. The summed E-state index contributed by atoms with van der Waals surface area (Å²) in [5.74, 6) is 0. The molecule has 0 radical (unpaired) electrons. The Labute approximate surface area is 356 Å². The Bertz CT molecular complexity index is 3810. The van der Waals surface area contributed by atoms with Crippen molar-refractivity contribution >= 4 is 93.9 Å². The van der Waals surface area contributed by atoms with Gasteiger partial charge >= 0.3 is 0 Å². The van der Waals surface area contributed by atoms with Gasteiger partial charge in [-0.15, -0.1) is 0 Å². The van der Waals surface area contributed by atoms with Crippen LogP contribution in [-0.2, 0) is 0 Å². The highest BCUT2D eigenvalue weighted by Gasteiger charge is 2.40. The molecule has 0 aromatic heterocycles. The number of fused-ring (bicyclic) bond motifs is 16. The molecule has 0 bridgehead atoms. The fraction of sp³-hybridized carbons (Fsp3) is 0.0333. The quantitative estimate of drug-likeness (QED) is 0.124. The van der Waals surface area contributed by atoms with Gasteiger partial charge < -0.3 is 0 Å². The first-order valence-electron chi connectivity index (χ1n) is 21.5. The summed E-state index contributed by atoms with van der Waals surface area (Å²) < 4.78 is 0. The van der Waals surface area contributed by atoms with E-state index in [4.69, 9.17) is 0 Å². The van der Waals surface area contributed by atoms with Gasteiger partial charge in [-0.2, -0.15) is 0 Å². The van der Waals surface area contributed by atoms with Gasteiger partial charge in [0.05, 0.1) is 0 Å². The van der Waals surface area contributed by atoms with Crippen LogP contribution in [0, 0.1) is 0 Å². The standard InChI is InChI=1S/C60H40Si/c1-61(2)59-49-12-6-4-10-40(49)27-30-54(59)55-32-31-53-51-29-28-46(36-57(51)50-13-7-8-14-52(50)58(53)60(55)61)38-17-15-37(16-18-38)42-23-24-44-34-45(26-25-43(44)33-42)47-22-21-41-20-19-39-9-3-5-11-48(39)56(41)35-47/h3-36H,1-2H3. The minimum absolute atomic E-state index is 1.22. The van der Waals surface area contributed by atoms with E-state index in [0.717, 1.165) is 0 Å². The lowest BCUT2D eigenvalue weighted by Gasteiger charge is -2.24. The first-order chi connectivity index (χ1) is 30.0. The van der Waals surface area contributed by atoms with Crippen molar-refractivity contribution in [3.8, 4) is 44.5 Å². The topological polar surface area (TPSA) is 0 Å². The van der Waals surface area contributed by atoms with Crippen LogP contribution in [0.3, 0.4) is 0 Å². The molecular formula is C60H40Si. The summed E-state index contributed by atoms with van der Waals surface area (Å²) in [5, 5.41) is 21.7. The maximum absolute atomic E-state index is 2.57. The largest absolute Gasteiger partial charge is 0.115 e. The fourth-order valence-corrected chi connectivity index (χ4v) is 14.9. The average Bonchev–Trinajstić information content (AvgIpc) is 3.56. The van der Waals surface area contributed by atoms with Crippen LogP contribution in [0.15, 0.2) is 206 Å². The van der Waals surface area contributed by atoms with Gasteiger partial charge in [0.2, 0.25) is 0 Å². The molecule has 0 N–H and O–H groups in total. The van der Waals surface area contributed by atoms with Crippen molar-refractivity contribution in [2.75, 3.05) is 0 Å². The van der Waals surface area contributed by atoms with E-state index in [1.165, 1.54) is 120 Å². The van der Waals surface area contributed by atoms with Crippen LogP contribution >= 0.6 is 0 Å². The van der Waals surface area contributed by atoms with Gasteiger partial charge in [0, 0.05) is 0 Å². The zero-order valence-electron chi connectivity index (χ0n) is 34.1. The van der Waals surface area contributed by atoms with Crippen molar-refractivity contribution in [2.45, 2.75) is 13.1 Å². The molecule has 0 atom stereocenters. The lowest BCUT2D eigenvalue weighted by molar-refractivity contribution is 1.61. The van der Waals surface area contributed by atoms with Crippen LogP contribution in [0.1, 0.15) is 0 Å². The summed E-state index contributed by atoms with van der Waals surface area (Å²) in [6, 6.07) is 77.6. The average molecular weight is 789 g/mol. The number of rotatable bonds is 3. The Morgan fingerprint density at radius 1 is 0.246 bits per heavy atom. The SMILES string of the molecule is C[Si]1(C)c2c(ccc3ccccc23)-c2ccc3c4ccc(-c5ccc(-c6ccc7cc(-c8ccc9ccc%10ccccc%10c9c8)ccc7c6)cc5)cc4c4ccccc4c3c21. The third-order valence-corrected chi connectivity index (χ3v) is 17.5. The minimum atomic E-state index is -2.06. The molecule has 0 fully saturated rings. The Balaban J connectivity index is 0.858. The van der Waals surface area contributed by atoms with Crippen LogP contribution in [0.2, 0.25) is 13.1 Å². The Hall–Kier alpha value is -7.32. The number of benzene rings is 12. The third kappa shape index (κ3) is 5.11. The third-order valence-electron chi connectivity index (χ3n) is 13.9. The maximum atomic E-state index is 2.57. The van der Waals surface area contributed by atoms with Gasteiger partial charge in [-0.25, -0.2) is 0 Å². The summed E-state index contributed by atoms with van der Waals surface area (Å²) >= 11 is 0. The van der Waals surface area contributed by atoms with E-state index in [1.54, 1.807) is 10.4 Å². The second-order valence-corrected chi connectivity index (χ2v) is 21.9. The zero-order chi connectivity index (χ0) is 40.4. The van der Waals surface area contributed by atoms with E-state index in [-0.39, 0.29) is 0 Å². The second-order valence-electron chi connectivity index (χ2n) is 17.6. The lowest BCUT2D eigenvalue weighted by atomic mass is 9.90.